The molecule has 140 valence electrons. The molecule has 0 aliphatic heterocycles. The Balaban J connectivity index is 2.54. The second-order valence-electron chi connectivity index (χ2n) is 7.35. The Bertz CT molecular complexity index is 567. The number of likely N-dealkylation sites (N-methyl/N-ethyl adjacent to an activating group) is 2. The van der Waals surface area contributed by atoms with Gasteiger partial charge in [0.1, 0.15) is 0 Å². The van der Waals surface area contributed by atoms with Gasteiger partial charge in [-0.2, -0.15) is 0 Å². The third-order valence-electron chi connectivity index (χ3n) is 3.83. The highest BCUT2D eigenvalue weighted by atomic mass is 32.2. The second-order valence-corrected chi connectivity index (χ2v) is 8.23. The van der Waals surface area contributed by atoms with E-state index in [0.717, 1.165) is 17.0 Å². The molecule has 1 unspecified atom stereocenters. The summed E-state index contributed by atoms with van der Waals surface area (Å²) in [5.74, 6) is 0.0295. The molecular weight excluding hydrogens is 334 g/mol. The molecule has 25 heavy (non-hydrogen) atoms. The molecule has 5 nitrogen and oxygen atoms in total. The number of quaternary nitrogens is 1. The van der Waals surface area contributed by atoms with Gasteiger partial charge < -0.3 is 15.1 Å². The molecule has 0 spiro atoms. The number of nitrogens with zero attached hydrogens (tertiary/aromatic N) is 1. The van der Waals surface area contributed by atoms with E-state index in [1.165, 1.54) is 4.90 Å². The minimum atomic E-state index is -0.250. The summed E-state index contributed by atoms with van der Waals surface area (Å²) >= 11 is 1.70. The van der Waals surface area contributed by atoms with E-state index >= 15 is 0 Å². The predicted molar refractivity (Wildman–Crippen MR) is 104 cm³/mol. The minimum Gasteiger partial charge on any atom is -0.347 e. The number of hydrogen-bond acceptors (Lipinski definition) is 3. The number of amides is 2. The molecule has 1 aromatic rings. The van der Waals surface area contributed by atoms with Crippen molar-refractivity contribution in [3.8, 4) is 0 Å². The van der Waals surface area contributed by atoms with Crippen molar-refractivity contribution in [1.29, 1.82) is 0 Å². The molecule has 1 rings (SSSR count). The largest absolute Gasteiger partial charge is 0.347 e. The molecule has 0 aliphatic rings. The molecule has 1 atom stereocenters. The highest BCUT2D eigenvalue weighted by molar-refractivity contribution is 7.98. The van der Waals surface area contributed by atoms with Gasteiger partial charge in [0.25, 0.3) is 11.8 Å². The smallest absolute Gasteiger partial charge is 0.277 e. The van der Waals surface area contributed by atoms with E-state index in [-0.39, 0.29) is 17.4 Å². The number of benzene rings is 1. The Morgan fingerprint density at radius 3 is 2.24 bits per heavy atom. The van der Waals surface area contributed by atoms with Crippen LogP contribution in [0.25, 0.3) is 0 Å². The van der Waals surface area contributed by atoms with E-state index in [1.807, 2.05) is 41.0 Å². The lowest BCUT2D eigenvalue weighted by Gasteiger charge is -2.24. The van der Waals surface area contributed by atoms with Crippen LogP contribution < -0.4 is 10.2 Å². The predicted octanol–water partition coefficient (Wildman–Crippen LogP) is 1.19. The molecular formula is C19H32N3O2S+. The van der Waals surface area contributed by atoms with Crippen LogP contribution >= 0.6 is 11.8 Å². The fourth-order valence-corrected chi connectivity index (χ4v) is 2.85. The summed E-state index contributed by atoms with van der Waals surface area (Å²) in [7, 11) is 1.81. The molecule has 0 fully saturated rings. The van der Waals surface area contributed by atoms with Gasteiger partial charge in [0.2, 0.25) is 0 Å². The number of hydrogen-bond donors (Lipinski definition) is 2. The van der Waals surface area contributed by atoms with Gasteiger partial charge in [-0.25, -0.2) is 0 Å². The van der Waals surface area contributed by atoms with E-state index < -0.39 is 0 Å². The Labute approximate surface area is 156 Å². The van der Waals surface area contributed by atoms with Gasteiger partial charge in [0.15, 0.2) is 13.1 Å². The van der Waals surface area contributed by atoms with Gasteiger partial charge in [-0.15, -0.1) is 11.8 Å². The molecule has 6 heteroatoms. The Morgan fingerprint density at radius 1 is 1.16 bits per heavy atom. The topological polar surface area (TPSA) is 53.9 Å². The van der Waals surface area contributed by atoms with Gasteiger partial charge in [-0.3, -0.25) is 9.59 Å². The first kappa shape index (κ1) is 21.5. The maximum Gasteiger partial charge on any atom is 0.277 e. The van der Waals surface area contributed by atoms with Crippen molar-refractivity contribution in [3.05, 3.63) is 29.8 Å². The Hall–Kier alpha value is -1.53. The monoisotopic (exact) mass is 366 g/mol. The van der Waals surface area contributed by atoms with Crippen LogP contribution in [0.15, 0.2) is 29.2 Å². The highest BCUT2D eigenvalue weighted by Gasteiger charge is 2.21. The van der Waals surface area contributed by atoms with E-state index in [2.05, 4.69) is 29.6 Å². The zero-order chi connectivity index (χ0) is 19.0. The van der Waals surface area contributed by atoms with E-state index in [4.69, 9.17) is 0 Å². The van der Waals surface area contributed by atoms with Gasteiger partial charge in [-0.05, 0) is 51.6 Å². The molecule has 0 bridgehead atoms. The van der Waals surface area contributed by atoms with Crippen LogP contribution in [0.2, 0.25) is 0 Å². The summed E-state index contributed by atoms with van der Waals surface area (Å²) in [4.78, 5) is 28.5. The van der Waals surface area contributed by atoms with Crippen LogP contribution in [0.4, 0.5) is 0 Å². The molecule has 0 saturated heterocycles. The van der Waals surface area contributed by atoms with Crippen molar-refractivity contribution < 1.29 is 14.5 Å². The lowest BCUT2D eigenvalue weighted by Crippen LogP contribution is -3.14. The van der Waals surface area contributed by atoms with Crippen LogP contribution in [-0.2, 0) is 16.1 Å². The maximum absolute atomic E-state index is 12.5. The van der Waals surface area contributed by atoms with Crippen molar-refractivity contribution in [2.45, 2.75) is 44.7 Å². The molecule has 1 aromatic carbocycles. The molecule has 0 radical (unpaired) electrons. The van der Waals surface area contributed by atoms with E-state index in [0.29, 0.717) is 19.6 Å². The summed E-state index contributed by atoms with van der Waals surface area (Å²) in [5.41, 5.74) is 0.858. The van der Waals surface area contributed by atoms with Gasteiger partial charge >= 0.3 is 0 Å². The summed E-state index contributed by atoms with van der Waals surface area (Å²) < 4.78 is 0. The summed E-state index contributed by atoms with van der Waals surface area (Å²) in [6, 6.07) is 8.24. The minimum absolute atomic E-state index is 0.0209. The van der Waals surface area contributed by atoms with Crippen LogP contribution in [0.5, 0.6) is 0 Å². The highest BCUT2D eigenvalue weighted by Crippen LogP contribution is 2.15. The van der Waals surface area contributed by atoms with Gasteiger partial charge in [0.05, 0.1) is 6.54 Å². The van der Waals surface area contributed by atoms with Crippen LogP contribution in [0.3, 0.4) is 0 Å². The van der Waals surface area contributed by atoms with Gasteiger partial charge in [-0.1, -0.05) is 12.1 Å². The quantitative estimate of drug-likeness (QED) is 0.680. The third-order valence-corrected chi connectivity index (χ3v) is 4.57. The van der Waals surface area contributed by atoms with Crippen molar-refractivity contribution in [1.82, 2.24) is 10.2 Å². The zero-order valence-corrected chi connectivity index (χ0v) is 17.1. The van der Waals surface area contributed by atoms with Gasteiger partial charge in [0, 0.05) is 24.0 Å². The normalized spacial score (nSPS) is 12.6. The SMILES string of the molecule is CC[NH+](CC(=O)NC(C)(C)C)CC(=O)N(C)Cc1ccc(SC)cc1. The number of carbonyl (C=O) groups excluding carboxylic acids is 2. The molecule has 0 heterocycles. The van der Waals surface area contributed by atoms with Crippen molar-refractivity contribution >= 4 is 23.6 Å². The van der Waals surface area contributed by atoms with E-state index in [9.17, 15) is 9.59 Å². The molecule has 2 N–H and O–H groups in total. The number of nitrogens with one attached hydrogen (secondary N) is 2. The number of carbonyl (C=O) groups is 2. The van der Waals surface area contributed by atoms with E-state index in [1.54, 1.807) is 16.7 Å². The zero-order valence-electron chi connectivity index (χ0n) is 16.3. The Morgan fingerprint density at radius 2 is 1.76 bits per heavy atom. The van der Waals surface area contributed by atoms with Crippen molar-refractivity contribution in [2.75, 3.05) is 32.9 Å². The number of rotatable bonds is 8. The first-order valence-corrected chi connectivity index (χ1v) is 9.88. The average Bonchev–Trinajstić information content (AvgIpc) is 2.52. The van der Waals surface area contributed by atoms with Crippen molar-refractivity contribution in [3.63, 3.8) is 0 Å². The summed E-state index contributed by atoms with van der Waals surface area (Å²) in [6.45, 7) is 9.82. The fourth-order valence-electron chi connectivity index (χ4n) is 2.44. The van der Waals surface area contributed by atoms with Crippen LogP contribution in [-0.4, -0.2) is 55.2 Å². The van der Waals surface area contributed by atoms with Crippen molar-refractivity contribution in [2.24, 2.45) is 0 Å². The van der Waals surface area contributed by atoms with Crippen LogP contribution in [0.1, 0.15) is 33.3 Å². The fraction of sp³-hybridized carbons (Fsp3) is 0.579. The second kappa shape index (κ2) is 9.82. The summed E-state index contributed by atoms with van der Waals surface area (Å²) in [6.07, 6.45) is 2.04. The maximum atomic E-state index is 12.5. The Kier molecular flexibility index (Phi) is 8.45. The molecule has 0 aromatic heterocycles. The first-order chi connectivity index (χ1) is 11.6. The first-order valence-electron chi connectivity index (χ1n) is 8.66. The number of thioether (sulfide) groups is 1. The average molecular weight is 367 g/mol. The lowest BCUT2D eigenvalue weighted by molar-refractivity contribution is -0.882. The standard InChI is InChI=1S/C19H31N3O2S/c1-7-22(13-17(23)20-19(2,3)4)14-18(24)21(5)12-15-8-10-16(25-6)11-9-15/h8-11H,7,12-14H2,1-6H3,(H,20,23)/p+1. The van der Waals surface area contributed by atoms with Crippen LogP contribution in [0, 0.1) is 0 Å². The molecule has 0 aliphatic carbocycles. The molecule has 2 amide bonds. The third kappa shape index (κ3) is 8.40. The molecule has 0 saturated carbocycles. The summed E-state index contributed by atoms with van der Waals surface area (Å²) in [5, 5.41) is 2.95. The lowest BCUT2D eigenvalue weighted by atomic mass is 10.1.